The third kappa shape index (κ3) is 2.05. The Labute approximate surface area is 77.0 Å². The van der Waals surface area contributed by atoms with Gasteiger partial charge in [-0.1, -0.05) is 0 Å². The molecule has 13 heavy (non-hydrogen) atoms. The van der Waals surface area contributed by atoms with Crippen LogP contribution >= 0.6 is 0 Å². The second-order valence-electron chi connectivity index (χ2n) is 2.92. The summed E-state index contributed by atoms with van der Waals surface area (Å²) in [4.78, 5) is 24.0. The SMILES string of the molecule is CNC1CC(=O)N(CCOC)C1=O. The van der Waals surface area contributed by atoms with Gasteiger partial charge >= 0.3 is 0 Å². The number of ether oxygens (including phenoxy) is 1. The molecule has 1 rings (SSSR count). The second kappa shape index (κ2) is 4.34. The number of likely N-dealkylation sites (N-methyl/N-ethyl adjacent to an activating group) is 1. The molecule has 1 aliphatic heterocycles. The first-order valence-corrected chi connectivity index (χ1v) is 4.21. The minimum Gasteiger partial charge on any atom is -0.383 e. The Morgan fingerprint density at radius 2 is 2.31 bits per heavy atom. The minimum absolute atomic E-state index is 0.124. The quantitative estimate of drug-likeness (QED) is 0.571. The number of likely N-dealkylation sites (tertiary alicyclic amines) is 1. The summed E-state index contributed by atoms with van der Waals surface area (Å²) in [6.45, 7) is 0.750. The number of nitrogens with zero attached hydrogens (tertiary/aromatic N) is 1. The lowest BCUT2D eigenvalue weighted by molar-refractivity contribution is -0.139. The van der Waals surface area contributed by atoms with Gasteiger partial charge < -0.3 is 10.1 Å². The summed E-state index contributed by atoms with van der Waals surface area (Å²) in [5, 5.41) is 2.80. The zero-order valence-electron chi connectivity index (χ0n) is 7.87. The molecule has 5 nitrogen and oxygen atoms in total. The van der Waals surface area contributed by atoms with Crippen molar-refractivity contribution in [2.75, 3.05) is 27.3 Å². The Morgan fingerprint density at radius 3 is 2.77 bits per heavy atom. The number of nitrogens with one attached hydrogen (secondary N) is 1. The average molecular weight is 186 g/mol. The van der Waals surface area contributed by atoms with Crippen LogP contribution in [-0.2, 0) is 14.3 Å². The number of methoxy groups -OCH3 is 1. The molecule has 1 unspecified atom stereocenters. The second-order valence-corrected chi connectivity index (χ2v) is 2.92. The van der Waals surface area contributed by atoms with E-state index in [0.717, 1.165) is 0 Å². The fourth-order valence-corrected chi connectivity index (χ4v) is 1.33. The Hall–Kier alpha value is -0.940. The molecule has 0 aromatic rings. The molecule has 1 fully saturated rings. The highest BCUT2D eigenvalue weighted by molar-refractivity contribution is 6.05. The monoisotopic (exact) mass is 186 g/mol. The summed E-state index contributed by atoms with van der Waals surface area (Å²) in [7, 11) is 3.22. The van der Waals surface area contributed by atoms with Crippen molar-refractivity contribution in [1.29, 1.82) is 0 Å². The van der Waals surface area contributed by atoms with Gasteiger partial charge in [-0.15, -0.1) is 0 Å². The van der Waals surface area contributed by atoms with Crippen LogP contribution in [0.4, 0.5) is 0 Å². The molecule has 1 aliphatic rings. The number of rotatable bonds is 4. The summed E-state index contributed by atoms with van der Waals surface area (Å²) in [5.74, 6) is -0.272. The number of imide groups is 1. The van der Waals surface area contributed by atoms with Crippen LogP contribution in [-0.4, -0.2) is 50.1 Å². The van der Waals surface area contributed by atoms with Gasteiger partial charge in [0.25, 0.3) is 0 Å². The third-order valence-corrected chi connectivity index (χ3v) is 2.11. The van der Waals surface area contributed by atoms with E-state index in [1.54, 1.807) is 14.2 Å². The molecule has 0 aromatic heterocycles. The molecule has 1 N–H and O–H groups in total. The van der Waals surface area contributed by atoms with Gasteiger partial charge in [0.1, 0.15) is 0 Å². The van der Waals surface area contributed by atoms with Crippen LogP contribution in [0.15, 0.2) is 0 Å². The van der Waals surface area contributed by atoms with E-state index in [-0.39, 0.29) is 24.3 Å². The fraction of sp³-hybridized carbons (Fsp3) is 0.750. The molecule has 5 heteroatoms. The molecule has 0 aromatic carbocycles. The molecule has 1 saturated heterocycles. The number of carbonyl (C=O) groups is 2. The highest BCUT2D eigenvalue weighted by Gasteiger charge is 2.36. The van der Waals surface area contributed by atoms with Gasteiger partial charge in [-0.3, -0.25) is 14.5 Å². The van der Waals surface area contributed by atoms with Gasteiger partial charge in [0, 0.05) is 7.11 Å². The molecule has 74 valence electrons. The predicted molar refractivity (Wildman–Crippen MR) is 46.1 cm³/mol. The van der Waals surface area contributed by atoms with Crippen LogP contribution in [0.1, 0.15) is 6.42 Å². The maximum Gasteiger partial charge on any atom is 0.246 e. The highest BCUT2D eigenvalue weighted by atomic mass is 16.5. The molecule has 0 radical (unpaired) electrons. The van der Waals surface area contributed by atoms with Crippen LogP contribution < -0.4 is 5.32 Å². The fourth-order valence-electron chi connectivity index (χ4n) is 1.33. The zero-order chi connectivity index (χ0) is 9.84. The molecule has 1 atom stereocenters. The highest BCUT2D eigenvalue weighted by Crippen LogP contribution is 2.11. The summed E-state index contributed by atoms with van der Waals surface area (Å²) in [5.41, 5.74) is 0. The van der Waals surface area contributed by atoms with Crippen LogP contribution in [0.3, 0.4) is 0 Å². The normalized spacial score (nSPS) is 22.9. The van der Waals surface area contributed by atoms with Crippen LogP contribution in [0.5, 0.6) is 0 Å². The van der Waals surface area contributed by atoms with Crippen molar-refractivity contribution in [3.05, 3.63) is 0 Å². The Kier molecular flexibility index (Phi) is 3.39. The Balaban J connectivity index is 2.54. The van der Waals surface area contributed by atoms with Crippen molar-refractivity contribution in [2.45, 2.75) is 12.5 Å². The van der Waals surface area contributed by atoms with Crippen molar-refractivity contribution in [3.63, 3.8) is 0 Å². The molecular weight excluding hydrogens is 172 g/mol. The van der Waals surface area contributed by atoms with Gasteiger partial charge in [-0.25, -0.2) is 0 Å². The maximum atomic E-state index is 11.4. The summed E-state index contributed by atoms with van der Waals surface area (Å²) in [6, 6.07) is -0.343. The van der Waals surface area contributed by atoms with Crippen molar-refractivity contribution in [3.8, 4) is 0 Å². The molecule has 2 amide bonds. The van der Waals surface area contributed by atoms with Gasteiger partial charge in [0.05, 0.1) is 25.6 Å². The number of hydrogen-bond acceptors (Lipinski definition) is 4. The van der Waals surface area contributed by atoms with Crippen LogP contribution in [0.25, 0.3) is 0 Å². The zero-order valence-corrected chi connectivity index (χ0v) is 7.87. The molecule has 0 spiro atoms. The van der Waals surface area contributed by atoms with E-state index < -0.39 is 0 Å². The lowest BCUT2D eigenvalue weighted by Gasteiger charge is -2.13. The summed E-state index contributed by atoms with van der Waals surface area (Å²) < 4.78 is 4.80. The van der Waals surface area contributed by atoms with Gasteiger partial charge in [-0.05, 0) is 7.05 Å². The smallest absolute Gasteiger partial charge is 0.246 e. The van der Waals surface area contributed by atoms with Crippen molar-refractivity contribution in [1.82, 2.24) is 10.2 Å². The molecule has 0 bridgehead atoms. The predicted octanol–water partition coefficient (Wildman–Crippen LogP) is -1.02. The van der Waals surface area contributed by atoms with Crippen LogP contribution in [0, 0.1) is 0 Å². The minimum atomic E-state index is -0.343. The van der Waals surface area contributed by atoms with E-state index in [9.17, 15) is 9.59 Å². The van der Waals surface area contributed by atoms with E-state index in [1.807, 2.05) is 0 Å². The number of amides is 2. The van der Waals surface area contributed by atoms with Gasteiger partial charge in [-0.2, -0.15) is 0 Å². The van der Waals surface area contributed by atoms with E-state index >= 15 is 0 Å². The molecule has 0 aliphatic carbocycles. The standard InChI is InChI=1S/C8H14N2O3/c1-9-6-5-7(11)10(8(6)12)3-4-13-2/h6,9H,3-5H2,1-2H3. The van der Waals surface area contributed by atoms with Crippen molar-refractivity contribution >= 4 is 11.8 Å². The van der Waals surface area contributed by atoms with E-state index in [0.29, 0.717) is 13.2 Å². The third-order valence-electron chi connectivity index (χ3n) is 2.11. The lowest BCUT2D eigenvalue weighted by atomic mass is 10.2. The van der Waals surface area contributed by atoms with Gasteiger partial charge in [0.2, 0.25) is 11.8 Å². The molecular formula is C8H14N2O3. The number of carbonyl (C=O) groups excluding carboxylic acids is 2. The van der Waals surface area contributed by atoms with Crippen LogP contribution in [0.2, 0.25) is 0 Å². The Morgan fingerprint density at radius 1 is 1.62 bits per heavy atom. The average Bonchev–Trinajstić information content (AvgIpc) is 2.39. The first-order valence-electron chi connectivity index (χ1n) is 4.21. The molecule has 0 saturated carbocycles. The van der Waals surface area contributed by atoms with Gasteiger partial charge in [0.15, 0.2) is 0 Å². The van der Waals surface area contributed by atoms with E-state index in [4.69, 9.17) is 4.74 Å². The maximum absolute atomic E-state index is 11.4. The Bertz CT molecular complexity index is 217. The first-order chi connectivity index (χ1) is 6.20. The number of hydrogen-bond donors (Lipinski definition) is 1. The largest absolute Gasteiger partial charge is 0.383 e. The summed E-state index contributed by atoms with van der Waals surface area (Å²) in [6.07, 6.45) is 0.263. The van der Waals surface area contributed by atoms with E-state index in [1.165, 1.54) is 4.90 Å². The first kappa shape index (κ1) is 10.1. The molecule has 1 heterocycles. The topological polar surface area (TPSA) is 58.6 Å². The van der Waals surface area contributed by atoms with E-state index in [2.05, 4.69) is 5.32 Å². The van der Waals surface area contributed by atoms with Crippen molar-refractivity contribution < 1.29 is 14.3 Å². The van der Waals surface area contributed by atoms with Crippen molar-refractivity contribution in [2.24, 2.45) is 0 Å². The summed E-state index contributed by atoms with van der Waals surface area (Å²) >= 11 is 0. The lowest BCUT2D eigenvalue weighted by Crippen LogP contribution is -2.38.